The van der Waals surface area contributed by atoms with Crippen LogP contribution in [0.1, 0.15) is 60.8 Å². The zero-order valence-electron chi connectivity index (χ0n) is 12.9. The van der Waals surface area contributed by atoms with Crippen LogP contribution in [0.25, 0.3) is 0 Å². The molecule has 0 heterocycles. The molecule has 0 saturated carbocycles. The molecule has 0 aliphatic carbocycles. The van der Waals surface area contributed by atoms with Gasteiger partial charge in [0.05, 0.1) is 0 Å². The standard InChI is InChI=1S/C15H34N2/c1-7-10-11-17(14(6)8-2)12-15(13(4)5)16-9-3/h13-16H,7-12H2,1-6H3. The van der Waals surface area contributed by atoms with Crippen molar-refractivity contribution in [2.75, 3.05) is 19.6 Å². The molecular weight excluding hydrogens is 208 g/mol. The fraction of sp³-hybridized carbons (Fsp3) is 1.00. The fourth-order valence-electron chi connectivity index (χ4n) is 2.14. The molecule has 0 aliphatic heterocycles. The lowest BCUT2D eigenvalue weighted by Crippen LogP contribution is -2.47. The molecule has 0 fully saturated rings. The van der Waals surface area contributed by atoms with E-state index in [1.807, 2.05) is 0 Å². The maximum absolute atomic E-state index is 3.63. The van der Waals surface area contributed by atoms with Crippen LogP contribution in [0.3, 0.4) is 0 Å². The van der Waals surface area contributed by atoms with Crippen LogP contribution < -0.4 is 5.32 Å². The summed E-state index contributed by atoms with van der Waals surface area (Å²) in [6.45, 7) is 17.3. The lowest BCUT2D eigenvalue weighted by Gasteiger charge is -2.34. The predicted molar refractivity (Wildman–Crippen MR) is 78.5 cm³/mol. The molecule has 0 rings (SSSR count). The topological polar surface area (TPSA) is 15.3 Å². The maximum Gasteiger partial charge on any atom is 0.0217 e. The Kier molecular flexibility index (Phi) is 9.85. The molecule has 0 aromatic heterocycles. The molecule has 0 aromatic carbocycles. The zero-order chi connectivity index (χ0) is 13.3. The van der Waals surface area contributed by atoms with E-state index in [1.165, 1.54) is 32.4 Å². The second-order valence-corrected chi connectivity index (χ2v) is 5.51. The predicted octanol–water partition coefficient (Wildman–Crippen LogP) is 3.52. The fourth-order valence-corrected chi connectivity index (χ4v) is 2.14. The van der Waals surface area contributed by atoms with Crippen LogP contribution in [0.2, 0.25) is 0 Å². The minimum Gasteiger partial charge on any atom is -0.313 e. The third-order valence-electron chi connectivity index (χ3n) is 3.72. The molecule has 17 heavy (non-hydrogen) atoms. The van der Waals surface area contributed by atoms with Gasteiger partial charge in [-0.15, -0.1) is 0 Å². The van der Waals surface area contributed by atoms with Gasteiger partial charge in [0, 0.05) is 18.6 Å². The lowest BCUT2D eigenvalue weighted by molar-refractivity contribution is 0.165. The number of rotatable bonds is 10. The van der Waals surface area contributed by atoms with Gasteiger partial charge in [-0.2, -0.15) is 0 Å². The minimum atomic E-state index is 0.630. The normalized spacial score (nSPS) is 15.5. The van der Waals surface area contributed by atoms with Gasteiger partial charge in [-0.1, -0.05) is 41.0 Å². The summed E-state index contributed by atoms with van der Waals surface area (Å²) in [4.78, 5) is 2.66. The average Bonchev–Trinajstić information content (AvgIpc) is 2.31. The van der Waals surface area contributed by atoms with Crippen LogP contribution in [-0.2, 0) is 0 Å². The summed E-state index contributed by atoms with van der Waals surface area (Å²) in [5.74, 6) is 0.711. The van der Waals surface area contributed by atoms with E-state index < -0.39 is 0 Å². The van der Waals surface area contributed by atoms with Crippen LogP contribution in [0.15, 0.2) is 0 Å². The third-order valence-corrected chi connectivity index (χ3v) is 3.72. The van der Waals surface area contributed by atoms with E-state index in [0.29, 0.717) is 18.0 Å². The number of hydrogen-bond donors (Lipinski definition) is 1. The molecule has 0 aromatic rings. The Balaban J connectivity index is 4.35. The Bertz CT molecular complexity index is 168. The molecule has 0 spiro atoms. The van der Waals surface area contributed by atoms with Crippen molar-refractivity contribution in [1.82, 2.24) is 10.2 Å². The van der Waals surface area contributed by atoms with E-state index in [1.54, 1.807) is 0 Å². The molecule has 0 saturated heterocycles. The number of nitrogens with one attached hydrogen (secondary N) is 1. The first kappa shape index (κ1) is 16.9. The molecule has 2 unspecified atom stereocenters. The molecule has 1 N–H and O–H groups in total. The van der Waals surface area contributed by atoms with Gasteiger partial charge in [-0.25, -0.2) is 0 Å². The van der Waals surface area contributed by atoms with Crippen LogP contribution in [0, 0.1) is 5.92 Å². The second kappa shape index (κ2) is 9.90. The van der Waals surface area contributed by atoms with Crippen molar-refractivity contribution in [2.24, 2.45) is 5.92 Å². The molecule has 104 valence electrons. The van der Waals surface area contributed by atoms with Gasteiger partial charge in [-0.05, 0) is 38.8 Å². The summed E-state index contributed by atoms with van der Waals surface area (Å²) >= 11 is 0. The van der Waals surface area contributed by atoms with Gasteiger partial charge in [0.15, 0.2) is 0 Å². The quantitative estimate of drug-likeness (QED) is 0.630. The highest BCUT2D eigenvalue weighted by atomic mass is 15.2. The Morgan fingerprint density at radius 3 is 2.12 bits per heavy atom. The van der Waals surface area contributed by atoms with E-state index in [4.69, 9.17) is 0 Å². The SMILES string of the molecule is CCCCN(CC(NCC)C(C)C)C(C)CC. The molecule has 0 radical (unpaired) electrons. The van der Waals surface area contributed by atoms with Gasteiger partial charge in [0.1, 0.15) is 0 Å². The summed E-state index contributed by atoms with van der Waals surface area (Å²) in [6.07, 6.45) is 3.86. The van der Waals surface area contributed by atoms with E-state index in [0.717, 1.165) is 6.54 Å². The molecule has 2 heteroatoms. The first-order valence-corrected chi connectivity index (χ1v) is 7.54. The van der Waals surface area contributed by atoms with Crippen molar-refractivity contribution in [3.05, 3.63) is 0 Å². The van der Waals surface area contributed by atoms with Crippen LogP contribution in [-0.4, -0.2) is 36.6 Å². The van der Waals surface area contributed by atoms with Crippen molar-refractivity contribution in [1.29, 1.82) is 0 Å². The van der Waals surface area contributed by atoms with Crippen molar-refractivity contribution >= 4 is 0 Å². The van der Waals surface area contributed by atoms with Gasteiger partial charge >= 0.3 is 0 Å². The monoisotopic (exact) mass is 242 g/mol. The summed E-state index contributed by atoms with van der Waals surface area (Å²) in [5, 5.41) is 3.63. The molecule has 2 atom stereocenters. The van der Waals surface area contributed by atoms with Crippen molar-refractivity contribution in [3.8, 4) is 0 Å². The Morgan fingerprint density at radius 1 is 1.06 bits per heavy atom. The van der Waals surface area contributed by atoms with Crippen molar-refractivity contribution in [3.63, 3.8) is 0 Å². The van der Waals surface area contributed by atoms with E-state index in [-0.39, 0.29) is 0 Å². The Hall–Kier alpha value is -0.0800. The summed E-state index contributed by atoms with van der Waals surface area (Å²) in [6, 6.07) is 1.34. The van der Waals surface area contributed by atoms with Crippen LogP contribution in [0.5, 0.6) is 0 Å². The number of hydrogen-bond acceptors (Lipinski definition) is 2. The summed E-state index contributed by atoms with van der Waals surface area (Å²) in [5.41, 5.74) is 0. The molecule has 2 nitrogen and oxygen atoms in total. The molecular formula is C15H34N2. The van der Waals surface area contributed by atoms with E-state index in [2.05, 4.69) is 51.8 Å². The highest BCUT2D eigenvalue weighted by Gasteiger charge is 2.19. The smallest absolute Gasteiger partial charge is 0.0217 e. The van der Waals surface area contributed by atoms with Crippen molar-refractivity contribution in [2.45, 2.75) is 72.9 Å². The van der Waals surface area contributed by atoms with E-state index >= 15 is 0 Å². The number of likely N-dealkylation sites (N-methyl/N-ethyl adjacent to an activating group) is 1. The van der Waals surface area contributed by atoms with Gasteiger partial charge in [0.2, 0.25) is 0 Å². The maximum atomic E-state index is 3.63. The highest BCUT2D eigenvalue weighted by molar-refractivity contribution is 4.77. The van der Waals surface area contributed by atoms with Gasteiger partial charge < -0.3 is 5.32 Å². The molecule has 0 amide bonds. The molecule has 0 aliphatic rings. The number of nitrogens with zero attached hydrogens (tertiary/aromatic N) is 1. The zero-order valence-corrected chi connectivity index (χ0v) is 12.9. The van der Waals surface area contributed by atoms with Crippen LogP contribution in [0.4, 0.5) is 0 Å². The van der Waals surface area contributed by atoms with Gasteiger partial charge in [-0.3, -0.25) is 4.90 Å². The Labute approximate surface area is 109 Å². The summed E-state index contributed by atoms with van der Waals surface area (Å²) in [7, 11) is 0. The summed E-state index contributed by atoms with van der Waals surface area (Å²) < 4.78 is 0. The van der Waals surface area contributed by atoms with Gasteiger partial charge in [0.25, 0.3) is 0 Å². The highest BCUT2D eigenvalue weighted by Crippen LogP contribution is 2.10. The number of unbranched alkanes of at least 4 members (excludes halogenated alkanes) is 1. The lowest BCUT2D eigenvalue weighted by atomic mass is 10.0. The minimum absolute atomic E-state index is 0.630. The molecule has 0 bridgehead atoms. The Morgan fingerprint density at radius 2 is 1.71 bits per heavy atom. The third kappa shape index (κ3) is 7.05. The van der Waals surface area contributed by atoms with Crippen molar-refractivity contribution < 1.29 is 0 Å². The first-order valence-electron chi connectivity index (χ1n) is 7.54. The van der Waals surface area contributed by atoms with Crippen LogP contribution >= 0.6 is 0 Å². The first-order chi connectivity index (χ1) is 8.06. The second-order valence-electron chi connectivity index (χ2n) is 5.51. The largest absolute Gasteiger partial charge is 0.313 e. The average molecular weight is 242 g/mol. The van der Waals surface area contributed by atoms with E-state index in [9.17, 15) is 0 Å².